The molecule has 6 nitrogen and oxygen atoms in total. The second kappa shape index (κ2) is 52.3. The van der Waals surface area contributed by atoms with Crippen molar-refractivity contribution in [1.82, 2.24) is 0 Å². The van der Waals surface area contributed by atoms with Crippen LogP contribution in [0.2, 0.25) is 0 Å². The molecule has 0 heterocycles. The fourth-order valence-corrected chi connectivity index (χ4v) is 7.96. The average molecular weight is 885 g/mol. The summed E-state index contributed by atoms with van der Waals surface area (Å²) in [5.41, 5.74) is 0. The molecule has 63 heavy (non-hydrogen) atoms. The predicted octanol–water partition coefficient (Wildman–Crippen LogP) is 18.1. The number of carbonyl (C=O) groups is 3. The summed E-state index contributed by atoms with van der Waals surface area (Å²) in [6.07, 6.45) is 61.3. The second-order valence-electron chi connectivity index (χ2n) is 18.5. The molecule has 0 aromatic rings. The van der Waals surface area contributed by atoms with E-state index in [-0.39, 0.29) is 31.1 Å². The molecule has 0 amide bonds. The van der Waals surface area contributed by atoms with E-state index >= 15 is 0 Å². The molecule has 1 atom stereocenters. The Morgan fingerprint density at radius 2 is 0.571 bits per heavy atom. The van der Waals surface area contributed by atoms with Gasteiger partial charge in [0.05, 0.1) is 0 Å². The Labute approximate surface area is 391 Å². The summed E-state index contributed by atoms with van der Waals surface area (Å²) in [6.45, 7) is 6.62. The van der Waals surface area contributed by atoms with Crippen molar-refractivity contribution >= 4 is 17.9 Å². The van der Waals surface area contributed by atoms with E-state index in [4.69, 9.17) is 14.2 Å². The second-order valence-corrected chi connectivity index (χ2v) is 18.5. The summed E-state index contributed by atoms with van der Waals surface area (Å²) in [5.74, 6) is -0.906. The smallest absolute Gasteiger partial charge is 0.306 e. The number of hydrogen-bond donors (Lipinski definition) is 0. The molecular weight excluding hydrogens is 781 g/mol. The van der Waals surface area contributed by atoms with Crippen molar-refractivity contribution in [3.63, 3.8) is 0 Å². The number of esters is 3. The molecule has 0 spiro atoms. The molecule has 0 saturated carbocycles. The average Bonchev–Trinajstić information content (AvgIpc) is 3.28. The van der Waals surface area contributed by atoms with E-state index in [0.717, 1.165) is 77.0 Å². The number of allylic oxidation sites excluding steroid dienone is 6. The first-order chi connectivity index (χ1) is 31.0. The fraction of sp³-hybridized carbons (Fsp3) is 0.842. The maximum Gasteiger partial charge on any atom is 0.306 e. The molecule has 0 aromatic heterocycles. The van der Waals surface area contributed by atoms with Gasteiger partial charge in [-0.1, -0.05) is 237 Å². The molecule has 6 heteroatoms. The lowest BCUT2D eigenvalue weighted by molar-refractivity contribution is -0.167. The Kier molecular flexibility index (Phi) is 50.3. The highest BCUT2D eigenvalue weighted by Crippen LogP contribution is 2.15. The van der Waals surface area contributed by atoms with Gasteiger partial charge in [0, 0.05) is 19.3 Å². The minimum atomic E-state index is -0.785. The first kappa shape index (κ1) is 60.6. The topological polar surface area (TPSA) is 78.9 Å². The van der Waals surface area contributed by atoms with E-state index in [1.807, 2.05) is 0 Å². The van der Waals surface area contributed by atoms with Gasteiger partial charge in [-0.2, -0.15) is 0 Å². The molecule has 0 rings (SSSR count). The number of hydrogen-bond acceptors (Lipinski definition) is 6. The summed E-state index contributed by atoms with van der Waals surface area (Å²) in [4.78, 5) is 38.0. The third-order valence-corrected chi connectivity index (χ3v) is 12.1. The van der Waals surface area contributed by atoms with Gasteiger partial charge in [-0.25, -0.2) is 0 Å². The third kappa shape index (κ3) is 50.5. The number of rotatable bonds is 50. The van der Waals surface area contributed by atoms with Crippen LogP contribution in [-0.2, 0) is 28.6 Å². The highest BCUT2D eigenvalue weighted by molar-refractivity contribution is 5.71. The van der Waals surface area contributed by atoms with Gasteiger partial charge in [0.25, 0.3) is 0 Å². The Bertz CT molecular complexity index is 1060. The minimum Gasteiger partial charge on any atom is -0.462 e. The van der Waals surface area contributed by atoms with Crippen molar-refractivity contribution in [3.8, 4) is 0 Å². The van der Waals surface area contributed by atoms with E-state index in [1.165, 1.54) is 173 Å². The normalized spacial score (nSPS) is 12.2. The Hall–Kier alpha value is -2.37. The Balaban J connectivity index is 4.37. The molecule has 0 N–H and O–H groups in total. The predicted molar refractivity (Wildman–Crippen MR) is 270 cm³/mol. The summed E-state index contributed by atoms with van der Waals surface area (Å²) in [7, 11) is 0. The largest absolute Gasteiger partial charge is 0.462 e. The van der Waals surface area contributed by atoms with E-state index < -0.39 is 6.10 Å². The zero-order valence-electron chi connectivity index (χ0n) is 42.1. The maximum atomic E-state index is 12.8. The van der Waals surface area contributed by atoms with Crippen LogP contribution in [-0.4, -0.2) is 37.2 Å². The van der Waals surface area contributed by atoms with Gasteiger partial charge in [0.15, 0.2) is 6.10 Å². The van der Waals surface area contributed by atoms with Gasteiger partial charge >= 0.3 is 17.9 Å². The monoisotopic (exact) mass is 885 g/mol. The fourth-order valence-electron chi connectivity index (χ4n) is 7.96. The van der Waals surface area contributed by atoms with Crippen LogP contribution < -0.4 is 0 Å². The molecule has 368 valence electrons. The summed E-state index contributed by atoms with van der Waals surface area (Å²) < 4.78 is 16.8. The van der Waals surface area contributed by atoms with Crippen molar-refractivity contribution in [2.75, 3.05) is 13.2 Å². The summed E-state index contributed by atoms with van der Waals surface area (Å²) in [5, 5.41) is 0. The van der Waals surface area contributed by atoms with E-state index in [2.05, 4.69) is 57.2 Å². The van der Waals surface area contributed by atoms with Crippen molar-refractivity contribution < 1.29 is 28.6 Å². The highest BCUT2D eigenvalue weighted by atomic mass is 16.6. The Morgan fingerprint density at radius 3 is 0.905 bits per heavy atom. The quantitative estimate of drug-likeness (QED) is 0.0199. The molecule has 0 fully saturated rings. The number of ether oxygens (including phenoxy) is 3. The molecule has 0 saturated heterocycles. The number of unbranched alkanes of at least 4 members (excludes halogenated alkanes) is 34. The molecule has 0 aliphatic heterocycles. The van der Waals surface area contributed by atoms with Gasteiger partial charge in [-0.3, -0.25) is 14.4 Å². The van der Waals surface area contributed by atoms with Crippen molar-refractivity contribution in [2.45, 2.75) is 297 Å². The zero-order chi connectivity index (χ0) is 45.8. The third-order valence-electron chi connectivity index (χ3n) is 12.1. The molecule has 0 radical (unpaired) electrons. The molecular formula is C57H104O6. The SMILES string of the molecule is CCCCCCCCC/C=C\C=C/CCCCCC(=O)OC(COC(=O)CCCCCCC/C=C\CCCCCCCCCCC)COC(=O)CCCCCCCCCCCCC. The lowest BCUT2D eigenvalue weighted by Gasteiger charge is -2.18. The van der Waals surface area contributed by atoms with Crippen LogP contribution in [0.5, 0.6) is 0 Å². The highest BCUT2D eigenvalue weighted by Gasteiger charge is 2.19. The van der Waals surface area contributed by atoms with Crippen molar-refractivity contribution in [2.24, 2.45) is 0 Å². The van der Waals surface area contributed by atoms with Crippen LogP contribution in [0, 0.1) is 0 Å². The molecule has 0 aromatic carbocycles. The van der Waals surface area contributed by atoms with Crippen molar-refractivity contribution in [1.29, 1.82) is 0 Å². The summed E-state index contributed by atoms with van der Waals surface area (Å²) >= 11 is 0. The van der Waals surface area contributed by atoms with Crippen LogP contribution in [0.1, 0.15) is 290 Å². The Morgan fingerprint density at radius 1 is 0.317 bits per heavy atom. The van der Waals surface area contributed by atoms with Gasteiger partial charge in [0.1, 0.15) is 13.2 Å². The minimum absolute atomic E-state index is 0.0825. The molecule has 0 bridgehead atoms. The number of carbonyl (C=O) groups excluding carboxylic acids is 3. The van der Waals surface area contributed by atoms with E-state index in [0.29, 0.717) is 19.3 Å². The maximum absolute atomic E-state index is 12.8. The van der Waals surface area contributed by atoms with Gasteiger partial charge in [0.2, 0.25) is 0 Å². The molecule has 1 unspecified atom stereocenters. The van der Waals surface area contributed by atoms with Gasteiger partial charge < -0.3 is 14.2 Å². The van der Waals surface area contributed by atoms with Crippen molar-refractivity contribution in [3.05, 3.63) is 36.5 Å². The van der Waals surface area contributed by atoms with Crippen LogP contribution in [0.25, 0.3) is 0 Å². The van der Waals surface area contributed by atoms with E-state index in [9.17, 15) is 14.4 Å². The van der Waals surface area contributed by atoms with Crippen LogP contribution in [0.15, 0.2) is 36.5 Å². The molecule has 0 aliphatic rings. The van der Waals surface area contributed by atoms with Crippen LogP contribution >= 0.6 is 0 Å². The van der Waals surface area contributed by atoms with Crippen LogP contribution in [0.4, 0.5) is 0 Å². The lowest BCUT2D eigenvalue weighted by atomic mass is 10.1. The summed E-state index contributed by atoms with van der Waals surface area (Å²) in [6, 6.07) is 0. The first-order valence-corrected chi connectivity index (χ1v) is 27.5. The molecule has 0 aliphatic carbocycles. The first-order valence-electron chi connectivity index (χ1n) is 27.5. The van der Waals surface area contributed by atoms with E-state index in [1.54, 1.807) is 0 Å². The van der Waals surface area contributed by atoms with Crippen LogP contribution in [0.3, 0.4) is 0 Å². The van der Waals surface area contributed by atoms with Gasteiger partial charge in [-0.05, 0) is 70.6 Å². The van der Waals surface area contributed by atoms with Gasteiger partial charge in [-0.15, -0.1) is 0 Å². The standard InChI is InChI=1S/C57H104O6/c1-4-7-10-13-16-19-22-24-26-28-29-31-32-35-38-41-44-47-50-56(59)62-53-54(52-61-55(58)49-46-43-40-37-34-21-18-15-12-9-6-3)63-57(60)51-48-45-42-39-36-33-30-27-25-23-20-17-14-11-8-5-2/h27,29-31,33,36,54H,4-26,28,32,34-35,37-53H2,1-3H3/b30-27-,31-29-,36-33-. The lowest BCUT2D eigenvalue weighted by Crippen LogP contribution is -2.30. The zero-order valence-corrected chi connectivity index (χ0v) is 42.1.